The van der Waals surface area contributed by atoms with Crippen LogP contribution in [0.3, 0.4) is 0 Å². The van der Waals surface area contributed by atoms with E-state index in [1.54, 1.807) is 0 Å². The number of hydrogen-bond acceptors (Lipinski definition) is 3. The average molecular weight is 154 g/mol. The fraction of sp³-hybridized carbons (Fsp3) is 0.750. The van der Waals surface area contributed by atoms with E-state index in [0.717, 1.165) is 24.2 Å². The third kappa shape index (κ3) is 1.79. The van der Waals surface area contributed by atoms with Crippen molar-refractivity contribution < 1.29 is 4.63 Å². The van der Waals surface area contributed by atoms with Crippen LogP contribution in [0.25, 0.3) is 0 Å². The molecule has 1 rings (SSSR count). The highest BCUT2D eigenvalue weighted by atomic mass is 16.6. The van der Waals surface area contributed by atoms with Gasteiger partial charge in [0.25, 0.3) is 0 Å². The molecule has 0 amide bonds. The van der Waals surface area contributed by atoms with Gasteiger partial charge >= 0.3 is 0 Å². The molecule has 0 unspecified atom stereocenters. The Hall–Kier alpha value is -0.860. The van der Waals surface area contributed by atoms with Crippen molar-refractivity contribution in [3.05, 3.63) is 11.4 Å². The molecule has 0 aromatic carbocycles. The van der Waals surface area contributed by atoms with Crippen molar-refractivity contribution in [1.82, 2.24) is 10.3 Å². The van der Waals surface area contributed by atoms with Gasteiger partial charge in [-0.05, 0) is 6.42 Å². The van der Waals surface area contributed by atoms with Gasteiger partial charge in [-0.3, -0.25) is 0 Å². The van der Waals surface area contributed by atoms with Crippen LogP contribution in [0, 0.1) is 0 Å². The molecule has 1 aromatic rings. The second-order valence-electron chi connectivity index (χ2n) is 3.00. The molecule has 1 aromatic heterocycles. The van der Waals surface area contributed by atoms with Crippen LogP contribution in [0.15, 0.2) is 4.63 Å². The smallest absolute Gasteiger partial charge is 0.110 e. The van der Waals surface area contributed by atoms with Gasteiger partial charge in [-0.1, -0.05) is 37.5 Å². The molecule has 0 N–H and O–H groups in total. The largest absolute Gasteiger partial charge is 0.244 e. The van der Waals surface area contributed by atoms with Crippen molar-refractivity contribution >= 4 is 0 Å². The highest BCUT2D eigenvalue weighted by Crippen LogP contribution is 2.15. The van der Waals surface area contributed by atoms with Crippen LogP contribution in [0.4, 0.5) is 0 Å². The quantitative estimate of drug-likeness (QED) is 0.669. The van der Waals surface area contributed by atoms with E-state index >= 15 is 0 Å². The number of aryl methyl sites for hydroxylation is 1. The van der Waals surface area contributed by atoms with Crippen molar-refractivity contribution in [3.8, 4) is 0 Å². The summed E-state index contributed by atoms with van der Waals surface area (Å²) < 4.78 is 4.66. The topological polar surface area (TPSA) is 38.9 Å². The van der Waals surface area contributed by atoms with Gasteiger partial charge in [-0.15, -0.1) is 0 Å². The predicted octanol–water partition coefficient (Wildman–Crippen LogP) is 2.15. The van der Waals surface area contributed by atoms with E-state index in [9.17, 15) is 0 Å². The summed E-state index contributed by atoms with van der Waals surface area (Å²) in [4.78, 5) is 0. The third-order valence-corrected chi connectivity index (χ3v) is 1.62. The summed E-state index contributed by atoms with van der Waals surface area (Å²) in [6.45, 7) is 6.32. The monoisotopic (exact) mass is 154 g/mol. The number of rotatable bonds is 3. The van der Waals surface area contributed by atoms with Crippen LogP contribution in [0.5, 0.6) is 0 Å². The third-order valence-electron chi connectivity index (χ3n) is 1.62. The highest BCUT2D eigenvalue weighted by Gasteiger charge is 2.11. The first-order valence-corrected chi connectivity index (χ1v) is 4.07. The Labute approximate surface area is 66.8 Å². The zero-order chi connectivity index (χ0) is 8.27. The Morgan fingerprint density at radius 2 is 2.09 bits per heavy atom. The van der Waals surface area contributed by atoms with Crippen LogP contribution in [0.1, 0.15) is 44.5 Å². The summed E-state index contributed by atoms with van der Waals surface area (Å²) >= 11 is 0. The molecule has 11 heavy (non-hydrogen) atoms. The second-order valence-corrected chi connectivity index (χ2v) is 3.00. The molecule has 3 heteroatoms. The maximum atomic E-state index is 4.66. The van der Waals surface area contributed by atoms with E-state index in [0.29, 0.717) is 5.92 Å². The van der Waals surface area contributed by atoms with E-state index in [1.165, 1.54) is 0 Å². The van der Waals surface area contributed by atoms with Gasteiger partial charge < -0.3 is 0 Å². The molecular formula is C8H14N2O. The van der Waals surface area contributed by atoms with Crippen molar-refractivity contribution in [3.63, 3.8) is 0 Å². The molecule has 62 valence electrons. The van der Waals surface area contributed by atoms with Gasteiger partial charge in [0.05, 0.1) is 0 Å². The lowest BCUT2D eigenvalue weighted by atomic mass is 10.1. The minimum atomic E-state index is 0.419. The average Bonchev–Trinajstić information content (AvgIpc) is 2.36. The molecule has 0 aliphatic carbocycles. The Kier molecular flexibility index (Phi) is 2.63. The van der Waals surface area contributed by atoms with Gasteiger partial charge in [0, 0.05) is 5.92 Å². The molecular weight excluding hydrogens is 140 g/mol. The highest BCUT2D eigenvalue weighted by molar-refractivity contribution is 5.11. The van der Waals surface area contributed by atoms with E-state index in [4.69, 9.17) is 0 Å². The van der Waals surface area contributed by atoms with Crippen molar-refractivity contribution in [1.29, 1.82) is 0 Å². The molecule has 0 atom stereocenters. The van der Waals surface area contributed by atoms with E-state index < -0.39 is 0 Å². The molecule has 0 spiro atoms. The molecule has 0 aliphatic rings. The van der Waals surface area contributed by atoms with Crippen LogP contribution in [0.2, 0.25) is 0 Å². The summed E-state index contributed by atoms with van der Waals surface area (Å²) in [7, 11) is 0. The van der Waals surface area contributed by atoms with Crippen LogP contribution < -0.4 is 0 Å². The standard InChI is InChI=1S/C8H14N2O/c1-4-5-7-8(6(2)3)10-11-9-7/h6H,4-5H2,1-3H3. The van der Waals surface area contributed by atoms with Crippen LogP contribution in [-0.2, 0) is 6.42 Å². The van der Waals surface area contributed by atoms with Crippen molar-refractivity contribution in [2.24, 2.45) is 0 Å². The number of aromatic nitrogens is 2. The Morgan fingerprint density at radius 1 is 1.36 bits per heavy atom. The van der Waals surface area contributed by atoms with E-state index in [1.807, 2.05) is 0 Å². The maximum absolute atomic E-state index is 4.66. The Morgan fingerprint density at radius 3 is 2.64 bits per heavy atom. The van der Waals surface area contributed by atoms with Gasteiger partial charge in [0.2, 0.25) is 0 Å². The maximum Gasteiger partial charge on any atom is 0.110 e. The summed E-state index contributed by atoms with van der Waals surface area (Å²) in [6, 6.07) is 0. The Bertz CT molecular complexity index is 218. The molecule has 0 fully saturated rings. The summed E-state index contributed by atoms with van der Waals surface area (Å²) in [5, 5.41) is 7.69. The van der Waals surface area contributed by atoms with Crippen molar-refractivity contribution in [2.75, 3.05) is 0 Å². The van der Waals surface area contributed by atoms with Gasteiger partial charge in [-0.2, -0.15) is 0 Å². The normalized spacial score (nSPS) is 10.9. The number of hydrogen-bond donors (Lipinski definition) is 0. The number of nitrogens with zero attached hydrogens (tertiary/aromatic N) is 2. The molecule has 0 bridgehead atoms. The molecule has 1 heterocycles. The van der Waals surface area contributed by atoms with Crippen LogP contribution >= 0.6 is 0 Å². The zero-order valence-electron chi connectivity index (χ0n) is 7.29. The van der Waals surface area contributed by atoms with E-state index in [-0.39, 0.29) is 0 Å². The van der Waals surface area contributed by atoms with Gasteiger partial charge in [-0.25, -0.2) is 4.63 Å². The molecule has 0 saturated carbocycles. The minimum absolute atomic E-state index is 0.419. The first kappa shape index (κ1) is 8.24. The van der Waals surface area contributed by atoms with Gasteiger partial charge in [0.1, 0.15) is 11.4 Å². The van der Waals surface area contributed by atoms with Crippen molar-refractivity contribution in [2.45, 2.75) is 39.5 Å². The fourth-order valence-electron chi connectivity index (χ4n) is 1.06. The van der Waals surface area contributed by atoms with Crippen LogP contribution in [-0.4, -0.2) is 10.3 Å². The second kappa shape index (κ2) is 3.51. The molecule has 3 nitrogen and oxygen atoms in total. The summed E-state index contributed by atoms with van der Waals surface area (Å²) in [5.41, 5.74) is 2.02. The SMILES string of the molecule is CCCc1nonc1C(C)C. The lowest BCUT2D eigenvalue weighted by molar-refractivity contribution is 0.299. The lowest BCUT2D eigenvalue weighted by Crippen LogP contribution is -1.94. The predicted molar refractivity (Wildman–Crippen MR) is 42.4 cm³/mol. The summed E-state index contributed by atoms with van der Waals surface area (Å²) in [6.07, 6.45) is 2.06. The van der Waals surface area contributed by atoms with E-state index in [2.05, 4.69) is 35.7 Å². The fourth-order valence-corrected chi connectivity index (χ4v) is 1.06. The summed E-state index contributed by atoms with van der Waals surface area (Å²) in [5.74, 6) is 0.419. The zero-order valence-corrected chi connectivity index (χ0v) is 7.29. The molecule has 0 aliphatic heterocycles. The first-order chi connectivity index (χ1) is 5.25. The molecule has 0 saturated heterocycles. The lowest BCUT2D eigenvalue weighted by Gasteiger charge is -1.98. The van der Waals surface area contributed by atoms with Gasteiger partial charge in [0.15, 0.2) is 0 Å². The first-order valence-electron chi connectivity index (χ1n) is 4.07. The Balaban J connectivity index is 2.78. The molecule has 0 radical (unpaired) electrons. The minimum Gasteiger partial charge on any atom is -0.244 e.